The van der Waals surface area contributed by atoms with Crippen LogP contribution < -0.4 is 10.2 Å². The minimum atomic E-state index is -0.654. The van der Waals surface area contributed by atoms with E-state index in [2.05, 4.69) is 15.5 Å². The highest BCUT2D eigenvalue weighted by Gasteiger charge is 2.29. The van der Waals surface area contributed by atoms with Crippen LogP contribution in [0.2, 0.25) is 0 Å². The first-order valence-corrected chi connectivity index (χ1v) is 7.99. The minimum Gasteiger partial charge on any atom is -0.497 e. The number of hydrazone groups is 1. The summed E-state index contributed by atoms with van der Waals surface area (Å²) in [6, 6.07) is 13.7. The van der Waals surface area contributed by atoms with Gasteiger partial charge in [-0.15, -0.1) is 0 Å². The van der Waals surface area contributed by atoms with Gasteiger partial charge in [0.25, 0.3) is 6.54 Å². The maximum atomic E-state index is 11.8. The largest absolute Gasteiger partial charge is 0.497 e. The van der Waals surface area contributed by atoms with Crippen molar-refractivity contribution in [2.45, 2.75) is 6.10 Å². The van der Waals surface area contributed by atoms with Gasteiger partial charge in [0, 0.05) is 10.5 Å². The number of benzene rings is 2. The van der Waals surface area contributed by atoms with Gasteiger partial charge in [-0.1, -0.05) is 18.2 Å². The van der Waals surface area contributed by atoms with Crippen molar-refractivity contribution >= 4 is 23.7 Å². The molecule has 0 amide bonds. The number of fused-ring (bicyclic) bond motifs is 1. The lowest BCUT2D eigenvalue weighted by Crippen LogP contribution is -2.26. The number of cyclic esters (lactones) is 1. The van der Waals surface area contributed by atoms with Crippen LogP contribution >= 0.6 is 0 Å². The number of hydrogen-bond donors (Lipinski definition) is 1. The summed E-state index contributed by atoms with van der Waals surface area (Å²) in [5.74, 6) is 0.260. The average Bonchev–Trinajstić information content (AvgIpc) is 2.98. The van der Waals surface area contributed by atoms with Gasteiger partial charge in [0.05, 0.1) is 24.6 Å². The van der Waals surface area contributed by atoms with Crippen molar-refractivity contribution in [1.82, 2.24) is 5.43 Å². The maximum Gasteiger partial charge on any atom is 0.339 e. The van der Waals surface area contributed by atoms with Crippen LogP contribution in [0.1, 0.15) is 22.0 Å². The van der Waals surface area contributed by atoms with Crippen LogP contribution in [-0.4, -0.2) is 36.6 Å². The molecule has 0 saturated carbocycles. The van der Waals surface area contributed by atoms with Crippen molar-refractivity contribution in [2.75, 3.05) is 13.7 Å². The summed E-state index contributed by atoms with van der Waals surface area (Å²) in [4.78, 5) is 26.3. The number of hydrogen-bond acceptors (Lipinski definition) is 7. The molecule has 1 unspecified atom stereocenters. The summed E-state index contributed by atoms with van der Waals surface area (Å²) in [5.41, 5.74) is 4.23. The molecular weight excluding hydrogens is 352 g/mol. The van der Waals surface area contributed by atoms with Crippen LogP contribution in [0.3, 0.4) is 0 Å². The molecule has 1 atom stereocenters. The highest BCUT2D eigenvalue weighted by Crippen LogP contribution is 2.28. The van der Waals surface area contributed by atoms with Crippen LogP contribution in [0.15, 0.2) is 58.6 Å². The second-order valence-electron chi connectivity index (χ2n) is 5.55. The predicted octanol–water partition coefficient (Wildman–Crippen LogP) is 2.49. The highest BCUT2D eigenvalue weighted by atomic mass is 16.6. The van der Waals surface area contributed by atoms with Gasteiger partial charge in [0.15, 0.2) is 11.9 Å². The number of nitrogens with zero attached hydrogens (tertiary/aromatic N) is 3. The molecule has 0 radical (unpaired) electrons. The van der Waals surface area contributed by atoms with Gasteiger partial charge in [-0.25, -0.2) is 9.79 Å². The number of nitro groups is 1. The van der Waals surface area contributed by atoms with Gasteiger partial charge in [0.2, 0.25) is 0 Å². The Hall–Kier alpha value is -3.75. The van der Waals surface area contributed by atoms with Gasteiger partial charge >= 0.3 is 5.97 Å². The Morgan fingerprint density at radius 1 is 1.30 bits per heavy atom. The molecule has 0 spiro atoms. The molecule has 1 aliphatic heterocycles. The van der Waals surface area contributed by atoms with E-state index in [9.17, 15) is 14.9 Å². The fourth-order valence-electron chi connectivity index (χ4n) is 2.49. The first-order valence-electron chi connectivity index (χ1n) is 7.99. The van der Waals surface area contributed by atoms with Gasteiger partial charge in [-0.2, -0.15) is 5.10 Å². The zero-order chi connectivity index (χ0) is 19.2. The molecule has 2 aromatic rings. The second-order valence-corrected chi connectivity index (χ2v) is 5.55. The number of methoxy groups -OCH3 is 1. The summed E-state index contributed by atoms with van der Waals surface area (Å²) in [5, 5.41) is 14.8. The molecule has 0 aliphatic carbocycles. The number of aliphatic imine (C=N–C) groups is 1. The molecule has 0 aromatic heterocycles. The lowest BCUT2D eigenvalue weighted by Gasteiger charge is -2.05. The Bertz CT molecular complexity index is 908. The molecule has 1 heterocycles. The fourth-order valence-corrected chi connectivity index (χ4v) is 2.49. The third-order valence-electron chi connectivity index (χ3n) is 3.74. The summed E-state index contributed by atoms with van der Waals surface area (Å²) in [6.07, 6.45) is 0.715. The van der Waals surface area contributed by atoms with Gasteiger partial charge < -0.3 is 9.47 Å². The Labute approximate surface area is 154 Å². The van der Waals surface area contributed by atoms with E-state index in [4.69, 9.17) is 9.47 Å². The summed E-state index contributed by atoms with van der Waals surface area (Å²) in [7, 11) is 1.54. The molecule has 9 heteroatoms. The third kappa shape index (κ3) is 4.46. The first kappa shape index (κ1) is 18.1. The number of amidine groups is 1. The molecule has 9 nitrogen and oxygen atoms in total. The third-order valence-corrected chi connectivity index (χ3v) is 3.74. The Balaban J connectivity index is 1.73. The summed E-state index contributed by atoms with van der Waals surface area (Å²) >= 11 is 0. The van der Waals surface area contributed by atoms with E-state index >= 15 is 0 Å². The van der Waals surface area contributed by atoms with Crippen LogP contribution in [0, 0.1) is 10.1 Å². The van der Waals surface area contributed by atoms with Crippen molar-refractivity contribution in [1.29, 1.82) is 0 Å². The van der Waals surface area contributed by atoms with E-state index in [1.807, 2.05) is 0 Å². The average molecular weight is 368 g/mol. The number of rotatable bonds is 6. The van der Waals surface area contributed by atoms with Crippen LogP contribution in [0.4, 0.5) is 5.69 Å². The van der Waals surface area contributed by atoms with E-state index in [-0.39, 0.29) is 5.84 Å². The van der Waals surface area contributed by atoms with Crippen molar-refractivity contribution in [3.63, 3.8) is 0 Å². The number of carbonyl (C=O) groups excluding carboxylic acids is 1. The van der Waals surface area contributed by atoms with E-state index in [1.54, 1.807) is 55.6 Å². The lowest BCUT2D eigenvalue weighted by atomic mass is 10.1. The number of esters is 1. The predicted molar refractivity (Wildman–Crippen MR) is 98.2 cm³/mol. The molecule has 138 valence electrons. The molecule has 2 aromatic carbocycles. The SMILES string of the molecule is COc1ccc(N=C(C[N+](=O)[O-])NN=CC2OC(=O)c3ccccc32)cc1. The minimum absolute atomic E-state index is 0.0408. The molecule has 0 saturated heterocycles. The first-order chi connectivity index (χ1) is 13.1. The van der Waals surface area contributed by atoms with E-state index in [0.29, 0.717) is 22.6 Å². The normalized spacial score (nSPS) is 16.1. The smallest absolute Gasteiger partial charge is 0.339 e. The Kier molecular flexibility index (Phi) is 5.41. The zero-order valence-electron chi connectivity index (χ0n) is 14.4. The summed E-state index contributed by atoms with van der Waals surface area (Å²) < 4.78 is 10.3. The van der Waals surface area contributed by atoms with Crippen molar-refractivity contribution < 1.29 is 19.2 Å². The topological polar surface area (TPSA) is 115 Å². The number of carbonyl (C=O) groups is 1. The van der Waals surface area contributed by atoms with Gasteiger partial charge in [0.1, 0.15) is 5.75 Å². The lowest BCUT2D eigenvalue weighted by molar-refractivity contribution is -0.463. The van der Waals surface area contributed by atoms with Crippen LogP contribution in [0.25, 0.3) is 0 Å². The van der Waals surface area contributed by atoms with Crippen LogP contribution in [0.5, 0.6) is 5.75 Å². The summed E-state index contributed by atoms with van der Waals surface area (Å²) in [6.45, 7) is -0.537. The molecule has 1 aliphatic rings. The quantitative estimate of drug-likeness (QED) is 0.275. The van der Waals surface area contributed by atoms with Crippen molar-refractivity contribution in [2.24, 2.45) is 10.1 Å². The van der Waals surface area contributed by atoms with E-state index < -0.39 is 23.5 Å². The van der Waals surface area contributed by atoms with Gasteiger partial charge in [-0.3, -0.25) is 15.5 Å². The van der Waals surface area contributed by atoms with Crippen molar-refractivity contribution in [3.05, 3.63) is 69.8 Å². The molecular formula is C18H16N4O5. The van der Waals surface area contributed by atoms with E-state index in [1.165, 1.54) is 6.21 Å². The van der Waals surface area contributed by atoms with Gasteiger partial charge in [-0.05, 0) is 30.3 Å². The fraction of sp³-hybridized carbons (Fsp3) is 0.167. The molecule has 1 N–H and O–H groups in total. The second kappa shape index (κ2) is 8.09. The molecule has 27 heavy (non-hydrogen) atoms. The monoisotopic (exact) mass is 368 g/mol. The Morgan fingerprint density at radius 2 is 2.04 bits per heavy atom. The van der Waals surface area contributed by atoms with Crippen molar-refractivity contribution in [3.8, 4) is 5.75 Å². The standard InChI is InChI=1S/C18H16N4O5/c1-26-13-8-6-12(7-9-13)20-17(11-22(24)25)21-19-10-16-14-4-2-3-5-15(14)18(23)27-16/h2-10,16H,11H2,1H3,(H,20,21). The van der Waals surface area contributed by atoms with E-state index in [0.717, 1.165) is 0 Å². The highest BCUT2D eigenvalue weighted by molar-refractivity contribution is 5.97. The van der Waals surface area contributed by atoms with Crippen LogP contribution in [-0.2, 0) is 4.74 Å². The maximum absolute atomic E-state index is 11.8. The molecule has 3 rings (SSSR count). The number of nitrogens with one attached hydrogen (secondary N) is 1. The zero-order valence-corrected chi connectivity index (χ0v) is 14.4. The molecule has 0 fully saturated rings. The number of ether oxygens (including phenoxy) is 2. The molecule has 0 bridgehead atoms. The Morgan fingerprint density at radius 3 is 2.74 bits per heavy atom.